The van der Waals surface area contributed by atoms with Crippen LogP contribution >= 0.6 is 38.8 Å². The second kappa shape index (κ2) is 26.9. The van der Waals surface area contributed by atoms with Crippen molar-refractivity contribution in [2.75, 3.05) is 30.0 Å². The van der Waals surface area contributed by atoms with Gasteiger partial charge in [-0.25, -0.2) is 22.1 Å². The van der Waals surface area contributed by atoms with Gasteiger partial charge in [-0.05, 0) is 50.2 Å². The zero-order valence-corrected chi connectivity index (χ0v) is 41.4. The van der Waals surface area contributed by atoms with Crippen LogP contribution in [0, 0.1) is 0 Å². The first kappa shape index (κ1) is 58.1. The van der Waals surface area contributed by atoms with Crippen molar-refractivity contribution in [3.8, 4) is 17.2 Å². The number of nitrogens with one attached hydrogen (secondary N) is 1. The van der Waals surface area contributed by atoms with Gasteiger partial charge in [-0.1, -0.05) is 19.6 Å². The van der Waals surface area contributed by atoms with E-state index >= 15 is 0 Å². The summed E-state index contributed by atoms with van der Waals surface area (Å²) in [4.78, 5) is 53.5. The maximum absolute atomic E-state index is 13.0. The molecule has 0 saturated carbocycles. The van der Waals surface area contributed by atoms with Gasteiger partial charge < -0.3 is 34.9 Å². The van der Waals surface area contributed by atoms with Gasteiger partial charge in [0, 0.05) is 11.4 Å². The van der Waals surface area contributed by atoms with E-state index in [4.69, 9.17) is 25.0 Å². The maximum atomic E-state index is 13.0. The second-order valence-corrected chi connectivity index (χ2v) is 30.9. The molecule has 1 aromatic heterocycles. The molecule has 1 amide bonds. The van der Waals surface area contributed by atoms with E-state index in [1.54, 1.807) is 13.8 Å². The summed E-state index contributed by atoms with van der Waals surface area (Å²) in [6, 6.07) is 13.4. The quantitative estimate of drug-likeness (QED) is 0.0299. The molecule has 0 bridgehead atoms. The molecule has 4 aromatic rings. The van der Waals surface area contributed by atoms with Crippen molar-refractivity contribution in [2.24, 2.45) is 0 Å². The van der Waals surface area contributed by atoms with Gasteiger partial charge in [0.15, 0.2) is 0 Å². The summed E-state index contributed by atoms with van der Waals surface area (Å²) in [5.41, 5.74) is 8.91. The minimum absolute atomic E-state index is 0.0179. The van der Waals surface area contributed by atoms with Gasteiger partial charge in [0.2, 0.25) is 0 Å². The Bertz CT molecular complexity index is 2170. The van der Waals surface area contributed by atoms with Crippen LogP contribution in [-0.2, 0) is 34.0 Å². The summed E-state index contributed by atoms with van der Waals surface area (Å²) < 4.78 is 135. The molecular weight excluding hydrogens is 1110 g/mol. The predicted molar refractivity (Wildman–Crippen MR) is 224 cm³/mol. The number of phosphoric ester groups is 3. The van der Waals surface area contributed by atoms with Gasteiger partial charge in [-0.15, -0.1) is 15.3 Å². The number of alkyl halides is 6. The number of halogens is 7. The van der Waals surface area contributed by atoms with Gasteiger partial charge in [-0.2, -0.15) is 0 Å². The van der Waals surface area contributed by atoms with Crippen molar-refractivity contribution in [1.82, 2.24) is 0 Å². The molecule has 5 N–H and O–H groups in total. The first-order valence-corrected chi connectivity index (χ1v) is 30.4. The third-order valence-corrected chi connectivity index (χ3v) is 11.5. The monoisotopic (exact) mass is 1160 g/mol. The third-order valence-electron chi connectivity index (χ3n) is 6.45. The number of anilines is 3. The normalized spacial score (nSPS) is 11.7. The first-order chi connectivity index (χ1) is 29.0. The number of benzene rings is 3. The molecule has 63 heavy (non-hydrogen) atoms. The van der Waals surface area contributed by atoms with Crippen molar-refractivity contribution in [3.05, 3.63) is 91.1 Å². The molecule has 16 nitrogen and oxygen atoms in total. The standard InChI is InChI=1S/C14H14F2NO5PTe.C11H16F2NO4P.C7H8F2NO4P.C3H9BrSi/c15-14(16)11-8-9(3-5-12(11)22-23(19,20)21)17-13(18)6-4-10-2-1-7-24-10;1-3-16-19(15,17-4-2)18-10-6-5-8(14)7-9(10)11(12)13;8-7(9)5-3-4(10)1-2-6(5)14-15(11,12)13;1-5(2,3)4/h1-3,5,7-8,14H,4,6H2,(H,17,18)(H2,19,20,21);5-7,11H,3-4,14H2,1-2H3;1-3,7H,10H2,(H2,11,12,13);1-3H3/p-4. The molecule has 0 radical (unpaired) electrons. The summed E-state index contributed by atoms with van der Waals surface area (Å²) in [5.74, 6) is -2.06. The molecule has 3 aromatic carbocycles. The van der Waals surface area contributed by atoms with Gasteiger partial charge in [0.05, 0.1) is 24.3 Å². The number of carbonyl (C=O) groups excluding carboxylic acids is 1. The van der Waals surface area contributed by atoms with Crippen LogP contribution in [0.2, 0.25) is 19.6 Å². The van der Waals surface area contributed by atoms with E-state index in [9.17, 15) is 64.4 Å². The Labute approximate surface area is 377 Å². The van der Waals surface area contributed by atoms with E-state index in [-0.39, 0.29) is 68.8 Å². The Hall–Kier alpha value is -2.87. The van der Waals surface area contributed by atoms with Crippen LogP contribution in [0.5, 0.6) is 17.2 Å². The average Bonchev–Trinajstić information content (AvgIpc) is 3.66. The number of phosphoric acid groups is 3. The van der Waals surface area contributed by atoms with E-state index in [0.29, 0.717) is 6.42 Å². The SMILES string of the molecule is CCOP(=O)(OCC)Oc1ccc(N)cc1C(F)F.C[Si](C)(C)Br.Nc1ccc(OP(=O)([O-])[O-])c(C(F)F)c1.O=C(CCc1ccc[te]1)Nc1ccc(OP(=O)([O-])[O-])c(C(F)F)c1. The molecule has 354 valence electrons. The first-order valence-electron chi connectivity index (χ1n) is 17.8. The number of hydrogen-bond donors (Lipinski definition) is 3. The number of nitrogens with two attached hydrogens (primary N) is 2. The topological polar surface area (TPSA) is 271 Å². The Morgan fingerprint density at radius 2 is 1.11 bits per heavy atom. The summed E-state index contributed by atoms with van der Waals surface area (Å²) in [7, 11) is -14.7. The van der Waals surface area contributed by atoms with Crippen LogP contribution in [0.25, 0.3) is 0 Å². The number of rotatable bonds is 17. The van der Waals surface area contributed by atoms with Gasteiger partial charge >= 0.3 is 154 Å². The number of amides is 1. The van der Waals surface area contributed by atoms with Crippen LogP contribution in [0.15, 0.2) is 70.8 Å². The van der Waals surface area contributed by atoms with E-state index in [1.165, 1.54) is 21.8 Å². The second-order valence-electron chi connectivity index (χ2n) is 12.9. The molecule has 0 saturated heterocycles. The van der Waals surface area contributed by atoms with Gasteiger partial charge in [0.25, 0.3) is 12.9 Å². The Morgan fingerprint density at radius 1 is 0.714 bits per heavy atom. The fraction of sp³-hybridized carbons (Fsp3) is 0.343. The van der Waals surface area contributed by atoms with E-state index < -0.39 is 77.6 Å². The van der Waals surface area contributed by atoms with Gasteiger partial charge in [0.1, 0.15) is 26.0 Å². The summed E-state index contributed by atoms with van der Waals surface area (Å²) in [5, 5.41) is 2.46. The van der Waals surface area contributed by atoms with Crippen molar-refractivity contribution < 1.29 is 87.0 Å². The molecular formula is C35H43BrF6N3O13P3SiTe-4. The number of nitrogen functional groups attached to an aromatic ring is 2. The van der Waals surface area contributed by atoms with Crippen molar-refractivity contribution in [1.29, 1.82) is 0 Å². The number of hydrogen-bond acceptors (Lipinski definition) is 15. The summed E-state index contributed by atoms with van der Waals surface area (Å²) in [6.07, 6.45) is -8.02. The Kier molecular flexibility index (Phi) is 24.9. The van der Waals surface area contributed by atoms with E-state index in [2.05, 4.69) is 53.4 Å². The predicted octanol–water partition coefficient (Wildman–Crippen LogP) is 7.86. The van der Waals surface area contributed by atoms with E-state index in [0.717, 1.165) is 36.4 Å². The van der Waals surface area contributed by atoms with Crippen molar-refractivity contribution in [2.45, 2.75) is 65.6 Å². The molecule has 0 unspecified atom stereocenters. The molecule has 1 heterocycles. The third kappa shape index (κ3) is 25.4. The van der Waals surface area contributed by atoms with Crippen molar-refractivity contribution >= 4 is 88.9 Å². The Morgan fingerprint density at radius 3 is 1.48 bits per heavy atom. The Balaban J connectivity index is 0.000000458. The van der Waals surface area contributed by atoms with Crippen LogP contribution in [0.1, 0.15) is 59.8 Å². The minimum atomic E-state index is -5.45. The molecule has 0 aliphatic rings. The number of aryl methyl sites for hydroxylation is 1. The molecule has 0 aliphatic carbocycles. The van der Waals surface area contributed by atoms with Gasteiger partial charge in [-0.3, -0.25) is 9.05 Å². The zero-order chi connectivity index (χ0) is 48.3. The zero-order valence-electron chi connectivity index (χ0n) is 33.8. The van der Waals surface area contributed by atoms with E-state index in [1.807, 2.05) is 12.1 Å². The molecule has 0 aliphatic heterocycles. The molecule has 28 heteroatoms. The van der Waals surface area contributed by atoms with Crippen LogP contribution < -0.4 is 49.9 Å². The van der Waals surface area contributed by atoms with Crippen LogP contribution in [0.4, 0.5) is 43.4 Å². The molecule has 4 rings (SSSR count). The molecule has 0 spiro atoms. The van der Waals surface area contributed by atoms with Crippen molar-refractivity contribution in [3.63, 3.8) is 0 Å². The summed E-state index contributed by atoms with van der Waals surface area (Å²) >= 11 is 3.19. The fourth-order valence-corrected chi connectivity index (χ4v) is 8.26. The molecule has 0 fully saturated rings. The van der Waals surface area contributed by atoms with Crippen LogP contribution in [0.3, 0.4) is 0 Å². The van der Waals surface area contributed by atoms with Crippen LogP contribution in [-0.4, -0.2) is 46.2 Å². The number of carbonyl (C=O) groups is 1. The summed E-state index contributed by atoms with van der Waals surface area (Å²) in [6.45, 7) is 9.24. The average molecular weight is 1160 g/mol. The molecule has 0 atom stereocenters. The fourth-order valence-electron chi connectivity index (χ4n) is 4.20.